The van der Waals surface area contributed by atoms with Crippen molar-refractivity contribution in [3.05, 3.63) is 21.3 Å². The summed E-state index contributed by atoms with van der Waals surface area (Å²) in [6.07, 6.45) is 0.986. The Balaban J connectivity index is 2.22. The van der Waals surface area contributed by atoms with E-state index >= 15 is 0 Å². The van der Waals surface area contributed by atoms with E-state index in [0.717, 1.165) is 10.8 Å². The first kappa shape index (κ1) is 8.10. The highest BCUT2D eigenvalue weighted by Crippen LogP contribution is 2.60. The van der Waals surface area contributed by atoms with Gasteiger partial charge in [0, 0.05) is 10.8 Å². The van der Waals surface area contributed by atoms with Crippen molar-refractivity contribution in [3.63, 3.8) is 0 Å². The van der Waals surface area contributed by atoms with Crippen molar-refractivity contribution < 1.29 is 0 Å². The van der Waals surface area contributed by atoms with E-state index in [4.69, 9.17) is 16.9 Å². The Labute approximate surface area is 80.6 Å². The lowest BCUT2D eigenvalue weighted by Crippen LogP contribution is -1.89. The average molecular weight is 198 g/mol. The van der Waals surface area contributed by atoms with Crippen LogP contribution in [0.1, 0.15) is 24.1 Å². The van der Waals surface area contributed by atoms with Crippen molar-refractivity contribution in [2.75, 3.05) is 0 Å². The lowest BCUT2D eigenvalue weighted by molar-refractivity contribution is 0.732. The fraction of sp³-hybridized carbons (Fsp3) is 0.444. The van der Waals surface area contributed by atoms with Crippen molar-refractivity contribution in [1.29, 1.82) is 5.26 Å². The van der Waals surface area contributed by atoms with Crippen molar-refractivity contribution in [2.24, 2.45) is 5.41 Å². The molecule has 3 heteroatoms. The fourth-order valence-corrected chi connectivity index (χ4v) is 2.73. The van der Waals surface area contributed by atoms with Crippen LogP contribution in [0.3, 0.4) is 0 Å². The molecular formula is C9H8ClNS. The number of halogens is 1. The summed E-state index contributed by atoms with van der Waals surface area (Å²) in [5, 5.41) is 8.83. The van der Waals surface area contributed by atoms with Gasteiger partial charge < -0.3 is 0 Å². The Hall–Kier alpha value is -0.520. The number of nitrogens with zero attached hydrogens (tertiary/aromatic N) is 1. The van der Waals surface area contributed by atoms with Crippen LogP contribution in [0.5, 0.6) is 0 Å². The Morgan fingerprint density at radius 2 is 2.50 bits per heavy atom. The van der Waals surface area contributed by atoms with Crippen molar-refractivity contribution in [3.8, 4) is 6.07 Å². The summed E-state index contributed by atoms with van der Waals surface area (Å²) in [5.41, 5.74) is -0.117. The highest BCUT2D eigenvalue weighted by Gasteiger charge is 2.52. The van der Waals surface area contributed by atoms with Gasteiger partial charge in [-0.05, 0) is 25.5 Å². The standard InChI is InChI=1S/C9H8ClNS/c1-9(5-11)4-6(9)7-2-3-8(10)12-7/h2-3,6H,4H2,1H3. The molecule has 1 aliphatic carbocycles. The first-order chi connectivity index (χ1) is 5.65. The summed E-state index contributed by atoms with van der Waals surface area (Å²) in [5.74, 6) is 0.431. The van der Waals surface area contributed by atoms with Crippen LogP contribution in [-0.2, 0) is 0 Å². The quantitative estimate of drug-likeness (QED) is 0.677. The molecular weight excluding hydrogens is 190 g/mol. The number of hydrogen-bond acceptors (Lipinski definition) is 2. The van der Waals surface area contributed by atoms with Crippen molar-refractivity contribution in [1.82, 2.24) is 0 Å². The normalized spacial score (nSPS) is 32.9. The van der Waals surface area contributed by atoms with Gasteiger partial charge in [0.2, 0.25) is 0 Å². The summed E-state index contributed by atoms with van der Waals surface area (Å²) in [7, 11) is 0. The second kappa shape index (κ2) is 2.48. The molecule has 2 atom stereocenters. The third-order valence-electron chi connectivity index (χ3n) is 2.43. The van der Waals surface area contributed by atoms with E-state index < -0.39 is 0 Å². The second-order valence-corrected chi connectivity index (χ2v) is 5.17. The first-order valence-electron chi connectivity index (χ1n) is 3.82. The summed E-state index contributed by atoms with van der Waals surface area (Å²) in [4.78, 5) is 1.25. The van der Waals surface area contributed by atoms with Gasteiger partial charge in [-0.2, -0.15) is 5.26 Å². The van der Waals surface area contributed by atoms with Crippen LogP contribution in [0.15, 0.2) is 12.1 Å². The SMILES string of the molecule is CC1(C#N)CC1c1ccc(Cl)s1. The molecule has 12 heavy (non-hydrogen) atoms. The zero-order valence-electron chi connectivity index (χ0n) is 6.67. The maximum absolute atomic E-state index is 8.83. The van der Waals surface area contributed by atoms with E-state index in [-0.39, 0.29) is 5.41 Å². The molecule has 1 nitrogen and oxygen atoms in total. The lowest BCUT2D eigenvalue weighted by Gasteiger charge is -1.95. The molecule has 0 saturated heterocycles. The zero-order valence-corrected chi connectivity index (χ0v) is 8.25. The summed E-state index contributed by atoms with van der Waals surface area (Å²) < 4.78 is 0.817. The van der Waals surface area contributed by atoms with Crippen LogP contribution >= 0.6 is 22.9 Å². The number of thiophene rings is 1. The molecule has 62 valence electrons. The van der Waals surface area contributed by atoms with E-state index in [1.165, 1.54) is 4.88 Å². The molecule has 2 rings (SSSR count). The molecule has 0 amide bonds. The fourth-order valence-electron chi connectivity index (χ4n) is 1.42. The van der Waals surface area contributed by atoms with Crippen LogP contribution in [0.4, 0.5) is 0 Å². The van der Waals surface area contributed by atoms with Gasteiger partial charge in [0.15, 0.2) is 0 Å². The smallest absolute Gasteiger partial charge is 0.0931 e. The molecule has 1 aromatic heterocycles. The molecule has 0 bridgehead atoms. The van der Waals surface area contributed by atoms with E-state index in [2.05, 4.69) is 6.07 Å². The van der Waals surface area contributed by atoms with Crippen LogP contribution in [0, 0.1) is 16.7 Å². The van der Waals surface area contributed by atoms with Gasteiger partial charge in [-0.1, -0.05) is 11.6 Å². The van der Waals surface area contributed by atoms with Gasteiger partial charge in [-0.15, -0.1) is 11.3 Å². The van der Waals surface area contributed by atoms with Gasteiger partial charge in [0.05, 0.1) is 15.8 Å². The maximum Gasteiger partial charge on any atom is 0.0931 e. The number of nitriles is 1. The molecule has 0 aromatic carbocycles. The monoisotopic (exact) mass is 197 g/mol. The predicted octanol–water partition coefficient (Wildman–Crippen LogP) is 3.42. The minimum Gasteiger partial charge on any atom is -0.198 e. The average Bonchev–Trinajstić information content (AvgIpc) is 2.54. The van der Waals surface area contributed by atoms with E-state index in [1.807, 2.05) is 19.1 Å². The van der Waals surface area contributed by atoms with Crippen molar-refractivity contribution >= 4 is 22.9 Å². The Kier molecular flexibility index (Phi) is 1.67. The van der Waals surface area contributed by atoms with Crippen LogP contribution in [0.2, 0.25) is 4.34 Å². The van der Waals surface area contributed by atoms with E-state index in [0.29, 0.717) is 5.92 Å². The molecule has 1 aliphatic rings. The van der Waals surface area contributed by atoms with Crippen LogP contribution in [0.25, 0.3) is 0 Å². The highest BCUT2D eigenvalue weighted by atomic mass is 35.5. The third-order valence-corrected chi connectivity index (χ3v) is 3.77. The molecule has 1 heterocycles. The van der Waals surface area contributed by atoms with Crippen LogP contribution < -0.4 is 0 Å². The minimum atomic E-state index is -0.117. The second-order valence-electron chi connectivity index (χ2n) is 3.43. The molecule has 0 aliphatic heterocycles. The van der Waals surface area contributed by atoms with E-state index in [1.54, 1.807) is 11.3 Å². The van der Waals surface area contributed by atoms with Gasteiger partial charge in [0.1, 0.15) is 0 Å². The zero-order chi connectivity index (χ0) is 8.77. The topological polar surface area (TPSA) is 23.8 Å². The van der Waals surface area contributed by atoms with Gasteiger partial charge in [0.25, 0.3) is 0 Å². The summed E-state index contributed by atoms with van der Waals surface area (Å²) in [6, 6.07) is 6.27. The predicted molar refractivity (Wildman–Crippen MR) is 50.4 cm³/mol. The lowest BCUT2D eigenvalue weighted by atomic mass is 10.1. The van der Waals surface area contributed by atoms with Gasteiger partial charge in [-0.3, -0.25) is 0 Å². The van der Waals surface area contributed by atoms with E-state index in [9.17, 15) is 0 Å². The Bertz CT molecular complexity index is 352. The molecule has 0 spiro atoms. The number of rotatable bonds is 1. The van der Waals surface area contributed by atoms with Crippen molar-refractivity contribution in [2.45, 2.75) is 19.3 Å². The van der Waals surface area contributed by atoms with Gasteiger partial charge in [-0.25, -0.2) is 0 Å². The highest BCUT2D eigenvalue weighted by molar-refractivity contribution is 7.16. The molecule has 1 fully saturated rings. The minimum absolute atomic E-state index is 0.117. The van der Waals surface area contributed by atoms with Gasteiger partial charge >= 0.3 is 0 Å². The largest absolute Gasteiger partial charge is 0.198 e. The summed E-state index contributed by atoms with van der Waals surface area (Å²) >= 11 is 7.39. The molecule has 1 aromatic rings. The Morgan fingerprint density at radius 3 is 2.92 bits per heavy atom. The Morgan fingerprint density at radius 1 is 1.75 bits per heavy atom. The summed E-state index contributed by atoms with van der Waals surface area (Å²) in [6.45, 7) is 2.01. The molecule has 2 unspecified atom stereocenters. The van der Waals surface area contributed by atoms with Crippen LogP contribution in [-0.4, -0.2) is 0 Å². The molecule has 0 radical (unpaired) electrons. The third kappa shape index (κ3) is 1.14. The molecule has 0 N–H and O–H groups in total. The number of hydrogen-bond donors (Lipinski definition) is 0. The molecule has 1 saturated carbocycles. The maximum atomic E-state index is 8.83. The first-order valence-corrected chi connectivity index (χ1v) is 5.02.